The van der Waals surface area contributed by atoms with Gasteiger partial charge in [-0.1, -0.05) is 35.9 Å². The molecule has 0 atom stereocenters. The zero-order valence-electron chi connectivity index (χ0n) is 15.7. The van der Waals surface area contributed by atoms with E-state index in [9.17, 15) is 9.59 Å². The molecule has 0 saturated heterocycles. The van der Waals surface area contributed by atoms with E-state index in [1.807, 2.05) is 6.07 Å². The average Bonchev–Trinajstić information content (AvgIpc) is 2.73. The van der Waals surface area contributed by atoms with Crippen molar-refractivity contribution >= 4 is 35.6 Å². The highest BCUT2D eigenvalue weighted by atomic mass is 35.5. The summed E-state index contributed by atoms with van der Waals surface area (Å²) in [5.41, 5.74) is 1.41. The van der Waals surface area contributed by atoms with Crippen LogP contribution in [0.3, 0.4) is 0 Å². The minimum absolute atomic E-state index is 0.0308. The minimum Gasteiger partial charge on any atom is -0.423 e. The van der Waals surface area contributed by atoms with E-state index in [0.29, 0.717) is 29.5 Å². The van der Waals surface area contributed by atoms with Gasteiger partial charge in [-0.3, -0.25) is 4.79 Å². The summed E-state index contributed by atoms with van der Waals surface area (Å²) >= 11 is 5.82. The van der Waals surface area contributed by atoms with Gasteiger partial charge in [-0.15, -0.1) is 0 Å². The Bertz CT molecular complexity index is 942. The Kier molecular flexibility index (Phi) is 8.64. The number of ether oxygens (including phenoxy) is 2. The van der Waals surface area contributed by atoms with E-state index in [-0.39, 0.29) is 5.57 Å². The number of esters is 1. The third-order valence-electron chi connectivity index (χ3n) is 3.65. The lowest BCUT2D eigenvalue weighted by atomic mass is 10.1. The van der Waals surface area contributed by atoms with Crippen LogP contribution in [0.15, 0.2) is 60.2 Å². The van der Waals surface area contributed by atoms with E-state index >= 15 is 0 Å². The molecule has 0 fully saturated rings. The molecular weight excluding hydrogens is 392 g/mol. The maximum atomic E-state index is 11.9. The molecule has 0 heterocycles. The van der Waals surface area contributed by atoms with Gasteiger partial charge in [0.25, 0.3) is 5.91 Å². The van der Waals surface area contributed by atoms with Crippen LogP contribution >= 0.6 is 11.6 Å². The first-order chi connectivity index (χ1) is 14.0. The fourth-order valence-electron chi connectivity index (χ4n) is 2.20. The SMILES string of the molecule is COCCNC(=O)/C(C#N)=C/c1ccc(OC(=O)/C=C/c2ccc(Cl)cc2)cc1. The Balaban J connectivity index is 1.96. The maximum absolute atomic E-state index is 11.9. The molecule has 29 heavy (non-hydrogen) atoms. The Labute approximate surface area is 174 Å². The standard InChI is InChI=1S/C22H19ClN2O4/c1-28-13-12-25-22(27)18(15-24)14-17-4-9-20(10-5-17)29-21(26)11-6-16-2-7-19(23)8-3-16/h2-11,14H,12-13H2,1H3,(H,25,27)/b11-6+,18-14+. The molecule has 0 aliphatic heterocycles. The first-order valence-corrected chi connectivity index (χ1v) is 9.04. The number of nitriles is 1. The zero-order valence-corrected chi connectivity index (χ0v) is 16.5. The number of amides is 1. The molecule has 1 N–H and O–H groups in total. The molecule has 6 nitrogen and oxygen atoms in total. The molecule has 1 amide bonds. The van der Waals surface area contributed by atoms with Crippen molar-refractivity contribution in [3.8, 4) is 11.8 Å². The van der Waals surface area contributed by atoms with E-state index in [0.717, 1.165) is 5.56 Å². The van der Waals surface area contributed by atoms with Crippen LogP contribution in [0.25, 0.3) is 12.2 Å². The van der Waals surface area contributed by atoms with Gasteiger partial charge < -0.3 is 14.8 Å². The lowest BCUT2D eigenvalue weighted by Gasteiger charge is -2.04. The number of rotatable bonds is 8. The van der Waals surface area contributed by atoms with Crippen molar-refractivity contribution in [3.63, 3.8) is 0 Å². The molecule has 148 valence electrons. The number of nitrogens with zero attached hydrogens (tertiary/aromatic N) is 1. The molecule has 2 aromatic rings. The number of hydrogen-bond donors (Lipinski definition) is 1. The number of methoxy groups -OCH3 is 1. The molecule has 0 aliphatic rings. The summed E-state index contributed by atoms with van der Waals surface area (Å²) in [4.78, 5) is 23.9. The van der Waals surface area contributed by atoms with Crippen molar-refractivity contribution in [1.82, 2.24) is 5.32 Å². The first kappa shape index (κ1) is 21.9. The summed E-state index contributed by atoms with van der Waals surface area (Å²) < 4.78 is 10.1. The molecule has 2 aromatic carbocycles. The number of halogens is 1. The van der Waals surface area contributed by atoms with Crippen molar-refractivity contribution in [2.75, 3.05) is 20.3 Å². The topological polar surface area (TPSA) is 88.4 Å². The Morgan fingerprint density at radius 3 is 2.38 bits per heavy atom. The number of nitrogens with one attached hydrogen (secondary N) is 1. The van der Waals surface area contributed by atoms with Crippen LogP contribution in [0.1, 0.15) is 11.1 Å². The van der Waals surface area contributed by atoms with Crippen molar-refractivity contribution in [1.29, 1.82) is 5.26 Å². The smallest absolute Gasteiger partial charge is 0.336 e. The van der Waals surface area contributed by atoms with Crippen LogP contribution in [0, 0.1) is 11.3 Å². The van der Waals surface area contributed by atoms with E-state index in [2.05, 4.69) is 5.32 Å². The summed E-state index contributed by atoms with van der Waals surface area (Å²) in [6.07, 6.45) is 4.39. The van der Waals surface area contributed by atoms with Crippen molar-refractivity contribution in [2.45, 2.75) is 0 Å². The zero-order chi connectivity index (χ0) is 21.1. The predicted molar refractivity (Wildman–Crippen MR) is 111 cm³/mol. The molecule has 0 spiro atoms. The fourth-order valence-corrected chi connectivity index (χ4v) is 2.32. The normalized spacial score (nSPS) is 11.1. The number of carbonyl (C=O) groups is 2. The Morgan fingerprint density at radius 2 is 1.76 bits per heavy atom. The summed E-state index contributed by atoms with van der Waals surface area (Å²) in [5.74, 6) is -0.665. The second-order valence-corrected chi connectivity index (χ2v) is 6.23. The van der Waals surface area contributed by atoms with Gasteiger partial charge in [0.2, 0.25) is 0 Å². The number of benzene rings is 2. The van der Waals surface area contributed by atoms with Crippen molar-refractivity contribution in [3.05, 3.63) is 76.3 Å². The highest BCUT2D eigenvalue weighted by molar-refractivity contribution is 6.30. The van der Waals surface area contributed by atoms with Gasteiger partial charge in [-0.25, -0.2) is 4.79 Å². The Hall–Kier alpha value is -3.40. The summed E-state index contributed by atoms with van der Waals surface area (Å²) in [6.45, 7) is 0.670. The van der Waals surface area contributed by atoms with Crippen LogP contribution in [-0.4, -0.2) is 32.1 Å². The largest absolute Gasteiger partial charge is 0.423 e. The fraction of sp³-hybridized carbons (Fsp3) is 0.136. The third kappa shape index (κ3) is 7.62. The number of carbonyl (C=O) groups excluding carboxylic acids is 2. The molecule has 0 unspecified atom stereocenters. The van der Waals surface area contributed by atoms with E-state index in [1.54, 1.807) is 54.6 Å². The molecule has 0 aromatic heterocycles. The predicted octanol–water partition coefficient (Wildman–Crippen LogP) is 3.63. The summed E-state index contributed by atoms with van der Waals surface area (Å²) in [6, 6.07) is 15.3. The maximum Gasteiger partial charge on any atom is 0.336 e. The monoisotopic (exact) mass is 410 g/mol. The van der Waals surface area contributed by atoms with Gasteiger partial charge in [0.05, 0.1) is 6.61 Å². The highest BCUT2D eigenvalue weighted by Crippen LogP contribution is 2.16. The van der Waals surface area contributed by atoms with Gasteiger partial charge in [-0.05, 0) is 47.5 Å². The van der Waals surface area contributed by atoms with Crippen LogP contribution in [0.2, 0.25) is 5.02 Å². The van der Waals surface area contributed by atoms with Gasteiger partial charge in [0, 0.05) is 24.8 Å². The minimum atomic E-state index is -0.529. The first-order valence-electron chi connectivity index (χ1n) is 8.66. The van der Waals surface area contributed by atoms with E-state index in [4.69, 9.17) is 26.3 Å². The number of hydrogen-bond acceptors (Lipinski definition) is 5. The summed E-state index contributed by atoms with van der Waals surface area (Å²) in [7, 11) is 1.52. The third-order valence-corrected chi connectivity index (χ3v) is 3.90. The van der Waals surface area contributed by atoms with Crippen LogP contribution in [-0.2, 0) is 14.3 Å². The van der Waals surface area contributed by atoms with Gasteiger partial charge in [-0.2, -0.15) is 5.26 Å². The van der Waals surface area contributed by atoms with Gasteiger partial charge >= 0.3 is 5.97 Å². The molecule has 7 heteroatoms. The van der Waals surface area contributed by atoms with E-state index < -0.39 is 11.9 Å². The second-order valence-electron chi connectivity index (χ2n) is 5.79. The molecule has 2 rings (SSSR count). The lowest BCUT2D eigenvalue weighted by Crippen LogP contribution is -2.27. The van der Waals surface area contributed by atoms with Crippen molar-refractivity contribution in [2.24, 2.45) is 0 Å². The molecule has 0 aliphatic carbocycles. The van der Waals surface area contributed by atoms with Crippen molar-refractivity contribution < 1.29 is 19.1 Å². The lowest BCUT2D eigenvalue weighted by molar-refractivity contribution is -0.128. The molecule has 0 bridgehead atoms. The van der Waals surface area contributed by atoms with Gasteiger partial charge in [0.1, 0.15) is 17.4 Å². The quantitative estimate of drug-likeness (QED) is 0.236. The van der Waals surface area contributed by atoms with Crippen LogP contribution in [0.4, 0.5) is 0 Å². The Morgan fingerprint density at radius 1 is 1.10 bits per heavy atom. The average molecular weight is 411 g/mol. The molecular formula is C22H19ClN2O4. The van der Waals surface area contributed by atoms with Crippen LogP contribution in [0.5, 0.6) is 5.75 Å². The highest BCUT2D eigenvalue weighted by Gasteiger charge is 2.08. The van der Waals surface area contributed by atoms with Gasteiger partial charge in [0.15, 0.2) is 0 Å². The second kappa shape index (κ2) is 11.4. The van der Waals surface area contributed by atoms with Crippen LogP contribution < -0.4 is 10.1 Å². The van der Waals surface area contributed by atoms with E-state index in [1.165, 1.54) is 19.3 Å². The summed E-state index contributed by atoms with van der Waals surface area (Å²) in [5, 5.41) is 12.4. The molecule has 0 radical (unpaired) electrons. The molecule has 0 saturated carbocycles.